The van der Waals surface area contributed by atoms with Gasteiger partial charge >= 0.3 is 7.48 Å². The van der Waals surface area contributed by atoms with E-state index in [0.29, 0.717) is 31.2 Å². The van der Waals surface area contributed by atoms with E-state index in [2.05, 4.69) is 91.1 Å². The van der Waals surface area contributed by atoms with Crippen LogP contribution in [0.5, 0.6) is 11.5 Å². The Hall–Kier alpha value is -2.82. The second-order valence-corrected chi connectivity index (χ2v) is 11.4. The highest BCUT2D eigenvalue weighted by Gasteiger charge is 2.62. The fourth-order valence-electron chi connectivity index (χ4n) is 6.57. The molecule has 2 aromatic rings. The van der Waals surface area contributed by atoms with Crippen LogP contribution in [0.25, 0.3) is 0 Å². The van der Waals surface area contributed by atoms with Crippen LogP contribution in [-0.2, 0) is 10.1 Å². The van der Waals surface area contributed by atoms with Crippen LogP contribution in [0.3, 0.4) is 0 Å². The van der Waals surface area contributed by atoms with Gasteiger partial charge < -0.3 is 14.5 Å². The Morgan fingerprint density at radius 3 is 2.06 bits per heavy atom. The van der Waals surface area contributed by atoms with E-state index in [1.807, 2.05) is 13.8 Å². The van der Waals surface area contributed by atoms with E-state index >= 15 is 0 Å². The molecule has 4 heteroatoms. The Morgan fingerprint density at radius 1 is 0.800 bits per heavy atom. The molecule has 1 saturated carbocycles. The Labute approximate surface area is 209 Å². The monoisotopic (exact) mass is 464 g/mol. The maximum atomic E-state index is 10.6. The van der Waals surface area contributed by atoms with Crippen molar-refractivity contribution >= 4 is 12.9 Å². The van der Waals surface area contributed by atoms with Crippen LogP contribution in [0.1, 0.15) is 38.8 Å². The molecule has 0 radical (unpaired) electrons. The van der Waals surface area contributed by atoms with E-state index in [-0.39, 0.29) is 5.41 Å². The molecule has 1 spiro atoms. The van der Waals surface area contributed by atoms with Gasteiger partial charge in [-0.3, -0.25) is 0 Å². The van der Waals surface area contributed by atoms with E-state index in [9.17, 15) is 5.11 Å². The number of allylic oxidation sites excluding steroid dienone is 8. The summed E-state index contributed by atoms with van der Waals surface area (Å²) in [7, 11) is 0.367. The van der Waals surface area contributed by atoms with E-state index < -0.39 is 11.2 Å². The molecule has 4 atom stereocenters. The van der Waals surface area contributed by atoms with Crippen molar-refractivity contribution in [2.75, 3.05) is 0 Å². The number of benzene rings is 2. The predicted octanol–water partition coefficient (Wildman–Crippen LogP) is 5.35. The van der Waals surface area contributed by atoms with Crippen molar-refractivity contribution in [3.8, 4) is 11.5 Å². The molecule has 1 heterocycles. The van der Waals surface area contributed by atoms with E-state index in [4.69, 9.17) is 9.39 Å². The predicted molar refractivity (Wildman–Crippen MR) is 143 cm³/mol. The van der Waals surface area contributed by atoms with Crippen molar-refractivity contribution in [3.63, 3.8) is 0 Å². The first-order valence-corrected chi connectivity index (χ1v) is 12.7. The highest BCUT2D eigenvalue weighted by molar-refractivity contribution is 6.48. The zero-order valence-corrected chi connectivity index (χ0v) is 20.9. The molecule has 1 fully saturated rings. The van der Waals surface area contributed by atoms with Crippen LogP contribution in [0.2, 0.25) is 0 Å². The number of hydrogen-bond acceptors (Lipinski definition) is 3. The fraction of sp³-hybridized carbons (Fsp3) is 0.355. The molecular formula is C31H33BO3. The minimum atomic E-state index is -0.971. The maximum Gasteiger partial charge on any atom is 0.313 e. The van der Waals surface area contributed by atoms with Crippen LogP contribution in [-0.4, -0.2) is 23.8 Å². The number of rotatable bonds is 4. The van der Waals surface area contributed by atoms with E-state index in [0.717, 1.165) is 17.0 Å². The maximum absolute atomic E-state index is 10.6. The van der Waals surface area contributed by atoms with Crippen molar-refractivity contribution in [3.05, 3.63) is 102 Å². The molecule has 0 amide bonds. The molecule has 4 aliphatic rings. The molecule has 3 aliphatic carbocycles. The molecule has 6 rings (SSSR count). The summed E-state index contributed by atoms with van der Waals surface area (Å²) < 4.78 is 13.0. The first kappa shape index (κ1) is 22.6. The Kier molecular flexibility index (Phi) is 5.07. The normalized spacial score (nSPS) is 29.9. The van der Waals surface area contributed by atoms with Gasteiger partial charge in [0.2, 0.25) is 0 Å². The highest BCUT2D eigenvalue weighted by Crippen LogP contribution is 2.66. The first-order valence-electron chi connectivity index (χ1n) is 12.7. The number of aliphatic hydroxyl groups is 1. The van der Waals surface area contributed by atoms with Gasteiger partial charge in [0.15, 0.2) is 0 Å². The summed E-state index contributed by atoms with van der Waals surface area (Å²) in [4.78, 5) is 0. The topological polar surface area (TPSA) is 38.7 Å². The molecule has 178 valence electrons. The number of fused-ring (bicyclic) bond motifs is 9. The zero-order valence-electron chi connectivity index (χ0n) is 20.9. The molecular weight excluding hydrogens is 431 g/mol. The van der Waals surface area contributed by atoms with Crippen molar-refractivity contribution in [2.45, 2.75) is 44.3 Å². The lowest BCUT2D eigenvalue weighted by Crippen LogP contribution is -2.49. The highest BCUT2D eigenvalue weighted by atomic mass is 16.5. The summed E-state index contributed by atoms with van der Waals surface area (Å²) >= 11 is 0. The summed E-state index contributed by atoms with van der Waals surface area (Å²) in [5, 5.41) is 10.6. The Morgan fingerprint density at radius 2 is 1.40 bits per heavy atom. The van der Waals surface area contributed by atoms with Crippen LogP contribution >= 0.6 is 0 Å². The van der Waals surface area contributed by atoms with Gasteiger partial charge in [0, 0.05) is 16.5 Å². The summed E-state index contributed by atoms with van der Waals surface area (Å²) in [5.74, 6) is 3.34. The lowest BCUT2D eigenvalue weighted by Gasteiger charge is -2.46. The smallest absolute Gasteiger partial charge is 0.313 e. The summed E-state index contributed by atoms with van der Waals surface area (Å²) in [6, 6.07) is 15.1. The number of para-hydroxylation sites is 2. The first-order chi connectivity index (χ1) is 16.7. The van der Waals surface area contributed by atoms with Gasteiger partial charge in [0.1, 0.15) is 11.5 Å². The van der Waals surface area contributed by atoms with Gasteiger partial charge in [-0.2, -0.15) is 0 Å². The summed E-state index contributed by atoms with van der Waals surface area (Å²) in [6.45, 7) is 7.45. The Balaban J connectivity index is 1.54. The van der Waals surface area contributed by atoms with Gasteiger partial charge in [-0.15, -0.1) is 0 Å². The summed E-state index contributed by atoms with van der Waals surface area (Å²) in [5.41, 5.74) is 1.60. The molecule has 1 aliphatic heterocycles. The molecule has 1 N–H and O–H groups in total. The minimum absolute atomic E-state index is 0.232. The summed E-state index contributed by atoms with van der Waals surface area (Å²) in [6.07, 6.45) is 18.5. The molecule has 4 unspecified atom stereocenters. The molecule has 2 aromatic carbocycles. The quantitative estimate of drug-likeness (QED) is 0.620. The van der Waals surface area contributed by atoms with Crippen molar-refractivity contribution < 1.29 is 14.5 Å². The fourth-order valence-corrected chi connectivity index (χ4v) is 6.57. The van der Waals surface area contributed by atoms with Gasteiger partial charge in [-0.05, 0) is 62.9 Å². The van der Waals surface area contributed by atoms with E-state index in [1.165, 1.54) is 11.1 Å². The standard InChI is InChI=1S/C31H33BO3/c1-29(2,33)30(3,4)35-32-26-18-11-17-25-28(26)34-27-19-10-9-16-24(27)31(25)22-14-7-5-12-20(22)21-13-6-8-15-23(21)31/h5-23,32-33H,1-4H3. The van der Waals surface area contributed by atoms with Crippen LogP contribution in [0.15, 0.2) is 91.1 Å². The largest absolute Gasteiger partial charge is 0.457 e. The van der Waals surface area contributed by atoms with Crippen LogP contribution in [0, 0.1) is 23.7 Å². The molecule has 0 aromatic heterocycles. The van der Waals surface area contributed by atoms with Crippen LogP contribution in [0.4, 0.5) is 0 Å². The Bertz CT molecular complexity index is 1240. The van der Waals surface area contributed by atoms with Crippen molar-refractivity contribution in [1.29, 1.82) is 0 Å². The van der Waals surface area contributed by atoms with E-state index in [1.54, 1.807) is 13.8 Å². The molecule has 35 heavy (non-hydrogen) atoms. The zero-order chi connectivity index (χ0) is 24.4. The van der Waals surface area contributed by atoms with Crippen molar-refractivity contribution in [2.24, 2.45) is 23.7 Å². The van der Waals surface area contributed by atoms with Gasteiger partial charge in [-0.1, -0.05) is 85.0 Å². The number of hydrogen-bond donors (Lipinski definition) is 1. The lowest BCUT2D eigenvalue weighted by atomic mass is 9.59. The average molecular weight is 464 g/mol. The SMILES string of the molecule is CC(C)(O)C(C)(C)OBc1cccc2c1Oc1ccccc1C21C2C=CC=CC2C2C=CC=CC21. The van der Waals surface area contributed by atoms with Gasteiger partial charge in [0.25, 0.3) is 0 Å². The average Bonchev–Trinajstić information content (AvgIpc) is 3.14. The second-order valence-electron chi connectivity index (χ2n) is 11.4. The third kappa shape index (κ3) is 3.19. The molecule has 0 bridgehead atoms. The minimum Gasteiger partial charge on any atom is -0.457 e. The van der Waals surface area contributed by atoms with Gasteiger partial charge in [0.05, 0.1) is 11.2 Å². The second kappa shape index (κ2) is 7.84. The molecule has 3 nitrogen and oxygen atoms in total. The number of ether oxygens (including phenoxy) is 1. The van der Waals surface area contributed by atoms with Crippen LogP contribution < -0.4 is 10.2 Å². The third-order valence-corrected chi connectivity index (χ3v) is 9.00. The van der Waals surface area contributed by atoms with Crippen molar-refractivity contribution in [1.82, 2.24) is 0 Å². The lowest BCUT2D eigenvalue weighted by molar-refractivity contribution is -0.0893. The third-order valence-electron chi connectivity index (χ3n) is 9.00. The van der Waals surface area contributed by atoms with Gasteiger partial charge in [-0.25, -0.2) is 0 Å². The molecule has 0 saturated heterocycles.